The maximum Gasteiger partial charge on any atom is 0.247 e. The summed E-state index contributed by atoms with van der Waals surface area (Å²) in [6, 6.07) is 135. The van der Waals surface area contributed by atoms with Gasteiger partial charge in [0.15, 0.2) is 0 Å². The van der Waals surface area contributed by atoms with Crippen molar-refractivity contribution in [3.8, 4) is 22.5 Å². The Labute approximate surface area is 816 Å². The largest absolute Gasteiger partial charge is 0.456 e. The maximum absolute atomic E-state index is 6.24. The van der Waals surface area contributed by atoms with Crippen LogP contribution < -0.4 is 65.6 Å². The Hall–Kier alpha value is -11.6. The van der Waals surface area contributed by atoms with Crippen molar-refractivity contribution >= 4 is 252 Å². The van der Waals surface area contributed by atoms with Gasteiger partial charge < -0.3 is 13.6 Å². The van der Waals surface area contributed by atoms with E-state index < -0.39 is 0 Å². The van der Waals surface area contributed by atoms with Crippen molar-refractivity contribution in [3.05, 3.63) is 386 Å². The highest BCUT2D eigenvalue weighted by atomic mass is 32.2. The van der Waals surface area contributed by atoms with E-state index in [4.69, 9.17) is 4.42 Å². The summed E-state index contributed by atoms with van der Waals surface area (Å²) >= 11 is 15.5. The van der Waals surface area contributed by atoms with Gasteiger partial charge in [-0.2, -0.15) is 0 Å². The fourth-order valence-corrected chi connectivity index (χ4v) is 32.7. The van der Waals surface area contributed by atoms with Crippen LogP contribution in [-0.4, -0.2) is 36.0 Å². The summed E-state index contributed by atoms with van der Waals surface area (Å²) in [5.74, 6) is 0. The average molecular weight is 1860 g/mol. The number of hydrogen-bond acceptors (Lipinski definition) is 9. The van der Waals surface area contributed by atoms with E-state index in [9.17, 15) is 0 Å². The van der Waals surface area contributed by atoms with Crippen molar-refractivity contribution in [2.24, 2.45) is 0 Å². The first-order valence-corrected chi connectivity index (χ1v) is 52.9. The van der Waals surface area contributed by atoms with Crippen LogP contribution >= 0.6 is 94.1 Å². The molecule has 0 unspecified atom stereocenters. The van der Waals surface area contributed by atoms with Gasteiger partial charge in [-0.15, -0.1) is 0 Å². The highest BCUT2D eigenvalue weighted by molar-refractivity contribution is 8.03. The molecule has 1 aliphatic carbocycles. The molecule has 0 atom stereocenters. The maximum atomic E-state index is 6.24. The van der Waals surface area contributed by atoms with Crippen molar-refractivity contribution in [2.75, 3.05) is 0 Å². The number of furan rings is 1. The molecule has 9 aliphatic rings. The summed E-state index contributed by atoms with van der Waals surface area (Å²) in [5.41, 5.74) is 35.7. The molecule has 134 heavy (non-hydrogen) atoms. The summed E-state index contributed by atoms with van der Waals surface area (Å²) < 4.78 is 11.1. The molecule has 0 spiro atoms. The van der Waals surface area contributed by atoms with Gasteiger partial charge in [0.25, 0.3) is 0 Å². The molecular weight excluding hydrogens is 1770 g/mol. The smallest absolute Gasteiger partial charge is 0.247 e. The Bertz CT molecular complexity index is 8630. The summed E-state index contributed by atoms with van der Waals surface area (Å²) in [4.78, 5) is 22.3. The Kier molecular flexibility index (Phi) is 19.1. The normalized spacial score (nSPS) is 14.5. The molecule has 21 aromatic rings. The molecule has 30 rings (SSSR count). The van der Waals surface area contributed by atoms with Crippen LogP contribution in [-0.2, 0) is 16.2 Å². The van der Waals surface area contributed by atoms with Crippen molar-refractivity contribution in [1.29, 1.82) is 0 Å². The molecule has 636 valence electrons. The predicted molar refractivity (Wildman–Crippen MR) is 580 cm³/mol. The lowest BCUT2D eigenvalue weighted by molar-refractivity contribution is 0.587. The van der Waals surface area contributed by atoms with Crippen LogP contribution in [0, 0.1) is 0 Å². The van der Waals surface area contributed by atoms with Crippen LogP contribution in [0.1, 0.15) is 77.6 Å². The molecule has 3 aromatic heterocycles. The molecule has 0 saturated carbocycles. The van der Waals surface area contributed by atoms with Gasteiger partial charge >= 0.3 is 0 Å². The fourth-order valence-electron chi connectivity index (χ4n) is 22.6. The lowest BCUT2D eigenvalue weighted by Gasteiger charge is -2.35. The Morgan fingerprint density at radius 1 is 0.246 bits per heavy atom. The summed E-state index contributed by atoms with van der Waals surface area (Å²) in [5, 5.41) is 7.74. The molecule has 15 heteroatoms. The van der Waals surface area contributed by atoms with Crippen molar-refractivity contribution in [1.82, 2.24) is 9.13 Å². The zero-order chi connectivity index (χ0) is 89.5. The molecule has 11 heterocycles. The van der Waals surface area contributed by atoms with Crippen molar-refractivity contribution < 1.29 is 4.42 Å². The molecule has 0 bridgehead atoms. The number of para-hydroxylation sites is 5. The number of rotatable bonds is 2. The Morgan fingerprint density at radius 2 is 0.649 bits per heavy atom. The minimum atomic E-state index is 0.0283. The van der Waals surface area contributed by atoms with E-state index >= 15 is 0 Å². The Morgan fingerprint density at radius 3 is 1.21 bits per heavy atom. The molecule has 8 aliphatic heterocycles. The van der Waals surface area contributed by atoms with Crippen molar-refractivity contribution in [2.45, 2.75) is 150 Å². The third kappa shape index (κ3) is 12.8. The number of hydrogen-bond donors (Lipinski definition) is 0. The first-order valence-electron chi connectivity index (χ1n) is 46.3. The molecule has 0 saturated heterocycles. The zero-order valence-electron chi connectivity index (χ0n) is 75.0. The molecular formula is C119H84B4N2OS8. The van der Waals surface area contributed by atoms with E-state index in [0.717, 1.165) is 11.2 Å². The lowest BCUT2D eigenvalue weighted by Crippen LogP contribution is -2.58. The number of nitrogens with zero attached hydrogens (tertiary/aromatic N) is 2. The van der Waals surface area contributed by atoms with Gasteiger partial charge in [0, 0.05) is 127 Å². The van der Waals surface area contributed by atoms with Crippen LogP contribution in [0.3, 0.4) is 0 Å². The van der Waals surface area contributed by atoms with Crippen LogP contribution in [0.25, 0.3) is 88.1 Å². The van der Waals surface area contributed by atoms with E-state index in [1.54, 1.807) is 0 Å². The molecule has 0 fully saturated rings. The molecule has 0 N–H and O–H groups in total. The van der Waals surface area contributed by atoms with Crippen LogP contribution in [0.15, 0.2) is 447 Å². The van der Waals surface area contributed by atoms with E-state index in [1.807, 2.05) is 100 Å². The van der Waals surface area contributed by atoms with Gasteiger partial charge in [-0.3, -0.25) is 0 Å². The second-order valence-corrected chi connectivity index (χ2v) is 47.6. The minimum Gasteiger partial charge on any atom is -0.456 e. The summed E-state index contributed by atoms with van der Waals surface area (Å²) in [6.07, 6.45) is 0. The van der Waals surface area contributed by atoms with Gasteiger partial charge in [0.1, 0.15) is 11.2 Å². The van der Waals surface area contributed by atoms with E-state index in [1.165, 1.54) is 243 Å². The van der Waals surface area contributed by atoms with E-state index in [-0.39, 0.29) is 36.4 Å². The number of benzene rings is 18. The summed E-state index contributed by atoms with van der Waals surface area (Å²) in [7, 11) is 0. The molecule has 0 radical (unpaired) electrons. The average Bonchev–Trinajstić information content (AvgIpc) is 0.989. The highest BCUT2D eigenvalue weighted by Crippen LogP contribution is 2.54. The molecule has 3 nitrogen and oxygen atoms in total. The van der Waals surface area contributed by atoms with Crippen LogP contribution in [0.4, 0.5) is 0 Å². The van der Waals surface area contributed by atoms with Gasteiger partial charge in [-0.1, -0.05) is 424 Å². The molecule has 18 aromatic carbocycles. The van der Waals surface area contributed by atoms with Crippen LogP contribution in [0.5, 0.6) is 0 Å². The molecule has 0 amide bonds. The number of fused-ring (bicyclic) bond motifs is 30. The number of aromatic nitrogens is 2. The van der Waals surface area contributed by atoms with Crippen LogP contribution in [0.2, 0.25) is 0 Å². The quantitative estimate of drug-likeness (QED) is 0.157. The second-order valence-electron chi connectivity index (χ2n) is 39.0. The van der Waals surface area contributed by atoms with Crippen molar-refractivity contribution in [3.63, 3.8) is 0 Å². The third-order valence-electron chi connectivity index (χ3n) is 28.9. The van der Waals surface area contributed by atoms with Gasteiger partial charge in [0.2, 0.25) is 26.9 Å². The zero-order valence-corrected chi connectivity index (χ0v) is 81.6. The van der Waals surface area contributed by atoms with E-state index in [2.05, 4.69) is 422 Å². The topological polar surface area (TPSA) is 23.0 Å². The first kappa shape index (κ1) is 81.9. The third-order valence-corrected chi connectivity index (χ3v) is 38.3. The first-order chi connectivity index (χ1) is 65.5. The summed E-state index contributed by atoms with van der Waals surface area (Å²) in [6.45, 7) is 19.8. The highest BCUT2D eigenvalue weighted by Gasteiger charge is 2.47. The SMILES string of the molecule is CC(C)(C)c1cc2c3c(c1)Sc1cc4c(cc1B3c1ccccc1S2)-c1ccccc1C4(C)C.CC(C)(C)c1cc2c3c(c1)Sc1cc4oc5ccccc5c4cc1B3c1ccccc1S2.c1ccc(-n2c3ccccc3c3c4c(ccc32)B2c3ccccc3Sc3cccc(c32)S4)cc1.c1ccc(-n2c3ccccc3c3ccc4c(c32)Sc2cccc3c2B4c2ccccc2S3)cc1. The second kappa shape index (κ2) is 31.2. The monoisotopic (exact) mass is 1860 g/mol. The fraction of sp³-hybridized carbons (Fsp3) is 0.0924. The standard InChI is InChI=1S/C31H27BS2.2C30H18BNS2.C28H21BOS2/c1-30(2,3)18-14-27-29-28(15-18)34-26-17-22-20(19-10-6-7-11-21(19)31(22,4)5)16-24(26)32(29)23-12-8-9-13-25(23)33-27;1-2-9-19(10-3-1)32-24-13-6-4-11-20(24)21-17-18-23-30(29(21)32)34-27-16-8-15-26-28(27)31(23)22-12-5-7-14-25(22)33-26;1-2-9-19(10-3-1)32-23-13-6-4-11-20(23)28-24(32)18-17-22-30(28)34-27-16-8-15-26-29(27)31(22)21-12-5-7-14-25(21)33-26;1-28(2,3)16-12-25-27-26(13-16)32-24-15-22-18(17-8-4-6-10-21(17)30-22)14-20(24)29(27)19-9-5-7-11-23(19)31-25/h6-17H,1-5H3;2*1-18H;4-15H,1-3H3. The lowest BCUT2D eigenvalue weighted by atomic mass is 9.36. The minimum absolute atomic E-state index is 0.0283. The van der Waals surface area contributed by atoms with Gasteiger partial charge in [-0.05, 0) is 200 Å². The van der Waals surface area contributed by atoms with Gasteiger partial charge in [-0.25, -0.2) is 0 Å². The predicted octanol–water partition coefficient (Wildman–Crippen LogP) is 25.5. The van der Waals surface area contributed by atoms with E-state index in [0.29, 0.717) is 6.71 Å². The Balaban J connectivity index is 0.0000000910. The van der Waals surface area contributed by atoms with Gasteiger partial charge in [0.05, 0.1) is 22.1 Å².